The van der Waals surface area contributed by atoms with Gasteiger partial charge in [0, 0.05) is 9.50 Å². The molecule has 0 radical (unpaired) electrons. The third-order valence-electron chi connectivity index (χ3n) is 5.76. The van der Waals surface area contributed by atoms with Crippen LogP contribution in [-0.4, -0.2) is 50.3 Å². The first-order chi connectivity index (χ1) is 19.6. The first-order valence-electron chi connectivity index (χ1n) is 13.9. The van der Waals surface area contributed by atoms with E-state index >= 15 is 0 Å². The van der Waals surface area contributed by atoms with E-state index in [1.807, 2.05) is 20.8 Å². The zero-order valence-electron chi connectivity index (χ0n) is 24.7. The van der Waals surface area contributed by atoms with E-state index in [1.54, 1.807) is 39.0 Å². The van der Waals surface area contributed by atoms with Crippen molar-refractivity contribution in [3.05, 3.63) is 67.1 Å². The monoisotopic (exact) mass is 654 g/mol. The van der Waals surface area contributed by atoms with E-state index in [4.69, 9.17) is 30.5 Å². The molecule has 2 rings (SSSR count). The second-order valence-electron chi connectivity index (χ2n) is 8.91. The van der Waals surface area contributed by atoms with E-state index in [0.717, 1.165) is 42.1 Å². The van der Waals surface area contributed by atoms with Crippen LogP contribution >= 0.6 is 27.5 Å². The van der Waals surface area contributed by atoms with Crippen LogP contribution in [-0.2, 0) is 25.4 Å². The number of carbonyl (C=O) groups is 4. The van der Waals surface area contributed by atoms with Gasteiger partial charge in [-0.15, -0.1) is 0 Å². The Morgan fingerprint density at radius 1 is 0.659 bits per heavy atom. The highest BCUT2D eigenvalue weighted by molar-refractivity contribution is 9.10. The molecule has 0 fully saturated rings. The molecular formula is C31H40BrClO8. The standard InChI is InChI=1S/C17H23ClO4.C14H17BrO4/c1-4-6-8-21-16(19)13-10-12(3)15(18)11-14(13)17(20)22-9-7-5-2;1-4-9-7-10(13(16)18-5-2)11(8-12(9)15)14(17)19-6-3/h10-11H,4-9H2,1-3H3;7-8H,4-6H2,1-3H3. The van der Waals surface area contributed by atoms with Crippen LogP contribution in [0.2, 0.25) is 5.02 Å². The number of benzene rings is 2. The normalized spacial score (nSPS) is 10.2. The Hall–Kier alpha value is -2.91. The number of esters is 4. The smallest absolute Gasteiger partial charge is 0.339 e. The zero-order chi connectivity index (χ0) is 30.9. The average molecular weight is 656 g/mol. The molecule has 0 saturated carbocycles. The number of carbonyl (C=O) groups excluding carboxylic acids is 4. The Bertz CT molecular complexity index is 1150. The van der Waals surface area contributed by atoms with Crippen LogP contribution in [0.4, 0.5) is 0 Å². The molecule has 10 heteroatoms. The number of hydrogen-bond acceptors (Lipinski definition) is 8. The minimum atomic E-state index is -0.544. The Morgan fingerprint density at radius 3 is 1.51 bits per heavy atom. The fourth-order valence-electron chi connectivity index (χ4n) is 3.44. The minimum absolute atomic E-state index is 0.160. The summed E-state index contributed by atoms with van der Waals surface area (Å²) in [5, 5.41) is 0.424. The van der Waals surface area contributed by atoms with Gasteiger partial charge in [0.25, 0.3) is 0 Å². The highest BCUT2D eigenvalue weighted by Crippen LogP contribution is 2.25. The van der Waals surface area contributed by atoms with Gasteiger partial charge in [-0.25, -0.2) is 19.2 Å². The van der Waals surface area contributed by atoms with Gasteiger partial charge in [-0.2, -0.15) is 0 Å². The van der Waals surface area contributed by atoms with Crippen LogP contribution in [0.3, 0.4) is 0 Å². The van der Waals surface area contributed by atoms with Crippen molar-refractivity contribution in [2.75, 3.05) is 26.4 Å². The highest BCUT2D eigenvalue weighted by Gasteiger charge is 2.22. The van der Waals surface area contributed by atoms with Gasteiger partial charge in [-0.05, 0) is 75.4 Å². The summed E-state index contributed by atoms with van der Waals surface area (Å²) < 4.78 is 21.1. The zero-order valence-corrected chi connectivity index (χ0v) is 27.0. The van der Waals surface area contributed by atoms with Crippen molar-refractivity contribution in [2.24, 2.45) is 0 Å². The van der Waals surface area contributed by atoms with Crippen molar-refractivity contribution < 1.29 is 38.1 Å². The van der Waals surface area contributed by atoms with Crippen molar-refractivity contribution in [1.29, 1.82) is 0 Å². The Kier molecular flexibility index (Phi) is 17.0. The molecule has 0 saturated heterocycles. The molecule has 0 spiro atoms. The lowest BCUT2D eigenvalue weighted by molar-refractivity contribution is 0.0452. The summed E-state index contributed by atoms with van der Waals surface area (Å²) >= 11 is 9.45. The number of hydrogen-bond donors (Lipinski definition) is 0. The maximum Gasteiger partial charge on any atom is 0.339 e. The number of halogens is 2. The lowest BCUT2D eigenvalue weighted by Crippen LogP contribution is -2.15. The van der Waals surface area contributed by atoms with Gasteiger partial charge in [0.1, 0.15) is 0 Å². The van der Waals surface area contributed by atoms with Crippen LogP contribution in [0.15, 0.2) is 28.7 Å². The molecule has 226 valence electrons. The fourth-order valence-corrected chi connectivity index (χ4v) is 4.23. The first kappa shape index (κ1) is 36.1. The predicted molar refractivity (Wildman–Crippen MR) is 162 cm³/mol. The van der Waals surface area contributed by atoms with E-state index in [2.05, 4.69) is 15.9 Å². The lowest BCUT2D eigenvalue weighted by Gasteiger charge is -2.11. The van der Waals surface area contributed by atoms with Gasteiger partial charge < -0.3 is 18.9 Å². The van der Waals surface area contributed by atoms with Crippen molar-refractivity contribution >= 4 is 51.4 Å². The van der Waals surface area contributed by atoms with E-state index in [9.17, 15) is 19.2 Å². The van der Waals surface area contributed by atoms with E-state index in [1.165, 1.54) is 6.07 Å². The molecular weight excluding hydrogens is 616 g/mol. The summed E-state index contributed by atoms with van der Waals surface area (Å²) in [6, 6.07) is 6.34. The molecule has 0 aliphatic carbocycles. The van der Waals surface area contributed by atoms with Gasteiger partial charge in [0.05, 0.1) is 48.7 Å². The molecule has 2 aromatic carbocycles. The SMILES string of the molecule is CCCCOC(=O)c1cc(C)c(Cl)cc1C(=O)OCCCC.CCOC(=O)c1cc(Br)c(CC)cc1C(=O)OCC. The van der Waals surface area contributed by atoms with Crippen LogP contribution in [0, 0.1) is 6.92 Å². The van der Waals surface area contributed by atoms with Gasteiger partial charge in [0.2, 0.25) is 0 Å². The molecule has 2 aromatic rings. The summed E-state index contributed by atoms with van der Waals surface area (Å²) in [5.74, 6) is -2.09. The fraction of sp³-hybridized carbons (Fsp3) is 0.484. The molecule has 0 bridgehead atoms. The summed E-state index contributed by atoms with van der Waals surface area (Å²) in [4.78, 5) is 48.1. The molecule has 0 unspecified atom stereocenters. The van der Waals surface area contributed by atoms with Crippen molar-refractivity contribution in [3.8, 4) is 0 Å². The molecule has 41 heavy (non-hydrogen) atoms. The molecule has 0 N–H and O–H groups in total. The molecule has 0 amide bonds. The highest BCUT2D eigenvalue weighted by atomic mass is 79.9. The maximum atomic E-state index is 12.2. The third-order valence-corrected chi connectivity index (χ3v) is 6.90. The van der Waals surface area contributed by atoms with Crippen molar-refractivity contribution in [3.63, 3.8) is 0 Å². The van der Waals surface area contributed by atoms with E-state index in [0.29, 0.717) is 23.8 Å². The van der Waals surface area contributed by atoms with Crippen LogP contribution in [0.25, 0.3) is 0 Å². The molecule has 0 aliphatic rings. The Morgan fingerprint density at radius 2 is 1.07 bits per heavy atom. The number of ether oxygens (including phenoxy) is 4. The Labute approximate surface area is 256 Å². The summed E-state index contributed by atoms with van der Waals surface area (Å²) in [5.41, 5.74) is 2.50. The predicted octanol–water partition coefficient (Wildman–Crippen LogP) is 7.93. The maximum absolute atomic E-state index is 12.2. The lowest BCUT2D eigenvalue weighted by atomic mass is 10.0. The summed E-state index contributed by atoms with van der Waals surface area (Å²) in [6.45, 7) is 12.4. The topological polar surface area (TPSA) is 105 Å². The second-order valence-corrected chi connectivity index (χ2v) is 10.2. The molecule has 8 nitrogen and oxygen atoms in total. The van der Waals surface area contributed by atoms with Gasteiger partial charge in [-0.1, -0.05) is 61.1 Å². The summed E-state index contributed by atoms with van der Waals surface area (Å²) in [7, 11) is 0. The molecule has 0 atom stereocenters. The molecule has 0 aromatic heterocycles. The quantitative estimate of drug-likeness (QED) is 0.122. The van der Waals surface area contributed by atoms with Crippen LogP contribution in [0.5, 0.6) is 0 Å². The average Bonchev–Trinajstić information content (AvgIpc) is 2.94. The van der Waals surface area contributed by atoms with Crippen LogP contribution in [0.1, 0.15) is 113 Å². The van der Waals surface area contributed by atoms with Crippen LogP contribution < -0.4 is 0 Å². The van der Waals surface area contributed by atoms with Gasteiger partial charge in [-0.3, -0.25) is 0 Å². The number of rotatable bonds is 13. The number of unbranched alkanes of at least 4 members (excludes halogenated alkanes) is 2. The van der Waals surface area contributed by atoms with E-state index in [-0.39, 0.29) is 35.5 Å². The van der Waals surface area contributed by atoms with Crippen molar-refractivity contribution in [2.45, 2.75) is 73.6 Å². The third kappa shape index (κ3) is 11.5. The molecule has 0 heterocycles. The number of aryl methyl sites for hydroxylation is 2. The Balaban J connectivity index is 0.000000414. The first-order valence-corrected chi connectivity index (χ1v) is 15.0. The largest absolute Gasteiger partial charge is 0.462 e. The summed E-state index contributed by atoms with van der Waals surface area (Å²) in [6.07, 6.45) is 4.17. The minimum Gasteiger partial charge on any atom is -0.462 e. The second kappa shape index (κ2) is 19.3. The van der Waals surface area contributed by atoms with Gasteiger partial charge >= 0.3 is 23.9 Å². The van der Waals surface area contributed by atoms with Crippen molar-refractivity contribution in [1.82, 2.24) is 0 Å². The van der Waals surface area contributed by atoms with E-state index < -0.39 is 23.9 Å². The molecule has 0 aliphatic heterocycles. The van der Waals surface area contributed by atoms with Gasteiger partial charge in [0.15, 0.2) is 0 Å².